The van der Waals surface area contributed by atoms with Crippen LogP contribution in [0.1, 0.15) is 30.9 Å². The molecule has 0 bridgehead atoms. The molecule has 0 amide bonds. The van der Waals surface area contributed by atoms with Crippen molar-refractivity contribution in [1.29, 1.82) is 0 Å². The first-order valence-corrected chi connectivity index (χ1v) is 9.38. The largest absolute Gasteiger partial charge is 0.496 e. The van der Waals surface area contributed by atoms with Crippen LogP contribution in [0.2, 0.25) is 0 Å². The van der Waals surface area contributed by atoms with Crippen LogP contribution in [0.15, 0.2) is 48.5 Å². The number of para-hydroxylation sites is 1. The molecule has 0 N–H and O–H groups in total. The molecular formula is C22H29NO2. The number of ether oxygens (including phenoxy) is 2. The Morgan fingerprint density at radius 3 is 2.64 bits per heavy atom. The number of fused-ring (bicyclic) bond motifs is 1. The van der Waals surface area contributed by atoms with Crippen molar-refractivity contribution >= 4 is 0 Å². The molecule has 3 heteroatoms. The monoisotopic (exact) mass is 339 g/mol. The Morgan fingerprint density at radius 2 is 1.88 bits per heavy atom. The second-order valence-electron chi connectivity index (χ2n) is 6.69. The van der Waals surface area contributed by atoms with E-state index in [4.69, 9.17) is 9.47 Å². The van der Waals surface area contributed by atoms with Crippen LogP contribution in [0.25, 0.3) is 0 Å². The van der Waals surface area contributed by atoms with Gasteiger partial charge in [-0.05, 0) is 61.6 Å². The normalized spacial score (nSPS) is 16.5. The van der Waals surface area contributed by atoms with Crippen molar-refractivity contribution in [3.05, 3.63) is 59.7 Å². The lowest BCUT2D eigenvalue weighted by atomic mass is 9.86. The van der Waals surface area contributed by atoms with E-state index in [-0.39, 0.29) is 0 Å². The third-order valence-electron chi connectivity index (χ3n) is 5.05. The number of rotatable bonds is 8. The molecule has 0 heterocycles. The van der Waals surface area contributed by atoms with Crippen molar-refractivity contribution in [2.75, 3.05) is 26.8 Å². The van der Waals surface area contributed by atoms with Crippen molar-refractivity contribution in [1.82, 2.24) is 4.90 Å². The lowest BCUT2D eigenvalue weighted by molar-refractivity contribution is 0.147. The second kappa shape index (κ2) is 8.91. The summed E-state index contributed by atoms with van der Waals surface area (Å²) in [4.78, 5) is 2.60. The highest BCUT2D eigenvalue weighted by molar-refractivity contribution is 5.42. The predicted molar refractivity (Wildman–Crippen MR) is 103 cm³/mol. The van der Waals surface area contributed by atoms with Gasteiger partial charge in [0.1, 0.15) is 18.1 Å². The van der Waals surface area contributed by atoms with Gasteiger partial charge >= 0.3 is 0 Å². The fourth-order valence-electron chi connectivity index (χ4n) is 3.82. The summed E-state index contributed by atoms with van der Waals surface area (Å²) in [6.45, 7) is 5.10. The van der Waals surface area contributed by atoms with E-state index < -0.39 is 0 Å². The minimum atomic E-state index is 0.596. The fraction of sp³-hybridized carbons (Fsp3) is 0.455. The number of methoxy groups -OCH3 is 1. The van der Waals surface area contributed by atoms with Gasteiger partial charge in [-0.1, -0.05) is 37.3 Å². The van der Waals surface area contributed by atoms with Crippen molar-refractivity contribution < 1.29 is 9.47 Å². The van der Waals surface area contributed by atoms with Crippen LogP contribution >= 0.6 is 0 Å². The van der Waals surface area contributed by atoms with Crippen LogP contribution in [0, 0.1) is 0 Å². The van der Waals surface area contributed by atoms with Crippen LogP contribution in [0.3, 0.4) is 0 Å². The minimum Gasteiger partial charge on any atom is -0.496 e. The molecule has 0 saturated heterocycles. The number of hydrogen-bond acceptors (Lipinski definition) is 3. The SMILES string of the molecule is CCCN(CCOc1ccccc1)C1CCc2c(cccc2OC)C1. The zero-order valence-electron chi connectivity index (χ0n) is 15.4. The van der Waals surface area contributed by atoms with E-state index in [0.29, 0.717) is 6.04 Å². The third kappa shape index (κ3) is 4.55. The summed E-state index contributed by atoms with van der Waals surface area (Å²) in [6, 6.07) is 17.1. The first-order chi connectivity index (χ1) is 12.3. The van der Waals surface area contributed by atoms with Crippen LogP contribution in [0.4, 0.5) is 0 Å². The van der Waals surface area contributed by atoms with E-state index in [9.17, 15) is 0 Å². The highest BCUT2D eigenvalue weighted by atomic mass is 16.5. The molecule has 0 aliphatic heterocycles. The first-order valence-electron chi connectivity index (χ1n) is 9.38. The van der Waals surface area contributed by atoms with Crippen molar-refractivity contribution in [3.63, 3.8) is 0 Å². The van der Waals surface area contributed by atoms with Crippen LogP contribution in [0.5, 0.6) is 11.5 Å². The molecule has 0 radical (unpaired) electrons. The molecule has 3 rings (SSSR count). The van der Waals surface area contributed by atoms with E-state index in [0.717, 1.165) is 44.0 Å². The summed E-state index contributed by atoms with van der Waals surface area (Å²) >= 11 is 0. The Hall–Kier alpha value is -2.00. The van der Waals surface area contributed by atoms with Gasteiger partial charge in [0.2, 0.25) is 0 Å². The van der Waals surface area contributed by atoms with Crippen molar-refractivity contribution in [3.8, 4) is 11.5 Å². The molecule has 1 aliphatic rings. The van der Waals surface area contributed by atoms with Crippen molar-refractivity contribution in [2.45, 2.75) is 38.6 Å². The molecule has 3 nitrogen and oxygen atoms in total. The van der Waals surface area contributed by atoms with Gasteiger partial charge in [-0.15, -0.1) is 0 Å². The Bertz CT molecular complexity index is 656. The van der Waals surface area contributed by atoms with Gasteiger partial charge in [-0.2, -0.15) is 0 Å². The second-order valence-corrected chi connectivity index (χ2v) is 6.69. The average Bonchev–Trinajstić information content (AvgIpc) is 2.67. The van der Waals surface area contributed by atoms with Gasteiger partial charge in [0.25, 0.3) is 0 Å². The zero-order valence-corrected chi connectivity index (χ0v) is 15.4. The zero-order chi connectivity index (χ0) is 17.5. The molecule has 0 fully saturated rings. The smallest absolute Gasteiger partial charge is 0.122 e. The molecule has 1 unspecified atom stereocenters. The van der Waals surface area contributed by atoms with Crippen LogP contribution in [-0.4, -0.2) is 37.7 Å². The molecule has 0 spiro atoms. The number of hydrogen-bond donors (Lipinski definition) is 0. The summed E-state index contributed by atoms with van der Waals surface area (Å²) in [5, 5.41) is 0. The van der Waals surface area contributed by atoms with E-state index >= 15 is 0 Å². The molecule has 1 aliphatic carbocycles. The van der Waals surface area contributed by atoms with E-state index in [1.54, 1.807) is 7.11 Å². The maximum Gasteiger partial charge on any atom is 0.122 e. The molecule has 0 aromatic heterocycles. The van der Waals surface area contributed by atoms with Crippen LogP contribution < -0.4 is 9.47 Å². The maximum atomic E-state index is 5.92. The Labute approximate surface area is 151 Å². The summed E-state index contributed by atoms with van der Waals surface area (Å²) < 4.78 is 11.5. The van der Waals surface area contributed by atoms with Gasteiger partial charge in [0.05, 0.1) is 7.11 Å². The standard InChI is InChI=1S/C22H29NO2/c1-3-14-23(15-16-25-20-9-5-4-6-10-20)19-12-13-21-18(17-19)8-7-11-22(21)24-2/h4-11,19H,3,12-17H2,1-2H3. The molecule has 2 aromatic rings. The first kappa shape index (κ1) is 17.8. The average molecular weight is 339 g/mol. The van der Waals surface area contributed by atoms with Gasteiger partial charge in [-0.3, -0.25) is 4.90 Å². The van der Waals surface area contributed by atoms with E-state index in [1.165, 1.54) is 24.0 Å². The van der Waals surface area contributed by atoms with Crippen LogP contribution in [-0.2, 0) is 12.8 Å². The molecule has 25 heavy (non-hydrogen) atoms. The molecule has 1 atom stereocenters. The summed E-state index contributed by atoms with van der Waals surface area (Å²) in [6.07, 6.45) is 4.58. The van der Waals surface area contributed by atoms with E-state index in [2.05, 4.69) is 30.0 Å². The maximum absolute atomic E-state index is 5.92. The van der Waals surface area contributed by atoms with Gasteiger partial charge < -0.3 is 9.47 Å². The molecule has 0 saturated carbocycles. The Balaban J connectivity index is 1.61. The minimum absolute atomic E-state index is 0.596. The lowest BCUT2D eigenvalue weighted by Gasteiger charge is -2.35. The summed E-state index contributed by atoms with van der Waals surface area (Å²) in [7, 11) is 1.77. The lowest BCUT2D eigenvalue weighted by Crippen LogP contribution is -2.42. The van der Waals surface area contributed by atoms with Gasteiger partial charge in [0.15, 0.2) is 0 Å². The topological polar surface area (TPSA) is 21.7 Å². The molecule has 134 valence electrons. The highest BCUT2D eigenvalue weighted by Gasteiger charge is 2.25. The van der Waals surface area contributed by atoms with Crippen molar-refractivity contribution in [2.24, 2.45) is 0 Å². The summed E-state index contributed by atoms with van der Waals surface area (Å²) in [5.41, 5.74) is 2.85. The molecule has 2 aromatic carbocycles. The number of benzene rings is 2. The Morgan fingerprint density at radius 1 is 1.04 bits per heavy atom. The predicted octanol–water partition coefficient (Wildman–Crippen LogP) is 4.34. The van der Waals surface area contributed by atoms with E-state index in [1.807, 2.05) is 30.3 Å². The van der Waals surface area contributed by atoms with Gasteiger partial charge in [-0.25, -0.2) is 0 Å². The third-order valence-corrected chi connectivity index (χ3v) is 5.05. The van der Waals surface area contributed by atoms with Gasteiger partial charge in [0, 0.05) is 12.6 Å². The Kier molecular flexibility index (Phi) is 6.35. The quantitative estimate of drug-likeness (QED) is 0.714. The summed E-state index contributed by atoms with van der Waals surface area (Å²) in [5.74, 6) is 2.00. The fourth-order valence-corrected chi connectivity index (χ4v) is 3.82. The number of nitrogens with zero attached hydrogens (tertiary/aromatic N) is 1. The highest BCUT2D eigenvalue weighted by Crippen LogP contribution is 2.31. The molecular weight excluding hydrogens is 310 g/mol.